The van der Waals surface area contributed by atoms with Crippen molar-refractivity contribution in [1.82, 2.24) is 10.2 Å². The summed E-state index contributed by atoms with van der Waals surface area (Å²) in [5.74, 6) is -0.584. The van der Waals surface area contributed by atoms with E-state index in [4.69, 9.17) is 34.8 Å². The molecule has 0 heterocycles. The van der Waals surface area contributed by atoms with Crippen LogP contribution in [0.1, 0.15) is 51.2 Å². The lowest BCUT2D eigenvalue weighted by molar-refractivity contribution is -0.141. The Balaban J connectivity index is 2.31. The summed E-state index contributed by atoms with van der Waals surface area (Å²) in [5, 5.41) is 4.07. The van der Waals surface area contributed by atoms with E-state index in [2.05, 4.69) is 5.32 Å². The SMILES string of the molecule is CCC(C(=O)NC(C)C)N(Cc1c(Cl)cccc1Cl)C(=O)CCCN(c1cc(Cl)ccc1C)S(C)(=O)=O. The highest BCUT2D eigenvalue weighted by atomic mass is 35.5. The maximum Gasteiger partial charge on any atom is 0.243 e. The molecule has 2 amide bonds. The average molecular weight is 591 g/mol. The third kappa shape index (κ3) is 8.77. The summed E-state index contributed by atoms with van der Waals surface area (Å²) < 4.78 is 26.4. The zero-order valence-corrected chi connectivity index (χ0v) is 24.8. The van der Waals surface area contributed by atoms with Gasteiger partial charge in [0.25, 0.3) is 0 Å². The molecule has 0 saturated carbocycles. The molecule has 0 aliphatic heterocycles. The number of nitrogens with one attached hydrogen (secondary N) is 1. The summed E-state index contributed by atoms with van der Waals surface area (Å²) >= 11 is 18.9. The van der Waals surface area contributed by atoms with Crippen molar-refractivity contribution < 1.29 is 18.0 Å². The van der Waals surface area contributed by atoms with Crippen LogP contribution in [0.2, 0.25) is 15.1 Å². The second-order valence-electron chi connectivity index (χ2n) is 9.18. The summed E-state index contributed by atoms with van der Waals surface area (Å²) in [7, 11) is -3.63. The number of benzene rings is 2. The number of amides is 2. The van der Waals surface area contributed by atoms with Gasteiger partial charge in [-0.1, -0.05) is 53.9 Å². The highest BCUT2D eigenvalue weighted by molar-refractivity contribution is 7.92. The molecule has 0 aliphatic rings. The zero-order valence-electron chi connectivity index (χ0n) is 21.7. The number of hydrogen-bond acceptors (Lipinski definition) is 4. The van der Waals surface area contributed by atoms with Crippen LogP contribution in [0.5, 0.6) is 0 Å². The number of anilines is 1. The lowest BCUT2D eigenvalue weighted by atomic mass is 10.1. The minimum atomic E-state index is -3.63. The van der Waals surface area contributed by atoms with E-state index < -0.39 is 16.1 Å². The molecule has 7 nitrogen and oxygen atoms in total. The summed E-state index contributed by atoms with van der Waals surface area (Å²) in [6.07, 6.45) is 1.74. The predicted octanol–water partition coefficient (Wildman–Crippen LogP) is 5.83. The van der Waals surface area contributed by atoms with Crippen molar-refractivity contribution in [1.29, 1.82) is 0 Å². The molecule has 2 aromatic carbocycles. The lowest BCUT2D eigenvalue weighted by Gasteiger charge is -2.32. The molecule has 0 aromatic heterocycles. The zero-order chi connectivity index (χ0) is 27.9. The maximum atomic E-state index is 13.5. The van der Waals surface area contributed by atoms with Crippen LogP contribution in [-0.4, -0.2) is 50.0 Å². The Labute approximate surface area is 235 Å². The van der Waals surface area contributed by atoms with Gasteiger partial charge in [-0.05, 0) is 63.4 Å². The molecule has 1 unspecified atom stereocenters. The van der Waals surface area contributed by atoms with Gasteiger partial charge in [-0.3, -0.25) is 13.9 Å². The molecule has 0 aliphatic carbocycles. The van der Waals surface area contributed by atoms with Gasteiger partial charge in [-0.2, -0.15) is 0 Å². The van der Waals surface area contributed by atoms with E-state index in [1.165, 1.54) is 9.21 Å². The van der Waals surface area contributed by atoms with Crippen molar-refractivity contribution in [2.24, 2.45) is 0 Å². The fourth-order valence-electron chi connectivity index (χ4n) is 3.99. The minimum absolute atomic E-state index is 0.0131. The summed E-state index contributed by atoms with van der Waals surface area (Å²) in [6.45, 7) is 7.43. The Bertz CT molecular complexity index is 1200. The van der Waals surface area contributed by atoms with E-state index in [1.807, 2.05) is 20.8 Å². The Kier molecular flexibility index (Phi) is 11.6. The van der Waals surface area contributed by atoms with Crippen LogP contribution in [0.3, 0.4) is 0 Å². The largest absolute Gasteiger partial charge is 0.352 e. The molecule has 37 heavy (non-hydrogen) atoms. The van der Waals surface area contributed by atoms with Crippen molar-refractivity contribution in [3.63, 3.8) is 0 Å². The average Bonchev–Trinajstić information content (AvgIpc) is 2.79. The van der Waals surface area contributed by atoms with Gasteiger partial charge < -0.3 is 10.2 Å². The normalized spacial score (nSPS) is 12.4. The topological polar surface area (TPSA) is 86.8 Å². The number of hydrogen-bond donors (Lipinski definition) is 1. The van der Waals surface area contributed by atoms with Gasteiger partial charge in [0.05, 0.1) is 11.9 Å². The first kappa shape index (κ1) is 31.2. The monoisotopic (exact) mass is 589 g/mol. The second kappa shape index (κ2) is 13.7. The van der Waals surface area contributed by atoms with Gasteiger partial charge in [0, 0.05) is 46.2 Å². The first-order valence-electron chi connectivity index (χ1n) is 12.0. The first-order valence-corrected chi connectivity index (χ1v) is 15.0. The number of halogens is 3. The fourth-order valence-corrected chi connectivity index (χ4v) is 5.69. The number of nitrogens with zero attached hydrogens (tertiary/aromatic N) is 2. The quantitative estimate of drug-likeness (QED) is 0.337. The van der Waals surface area contributed by atoms with Crippen molar-refractivity contribution in [3.05, 3.63) is 62.6 Å². The Morgan fingerprint density at radius 1 is 1.05 bits per heavy atom. The third-order valence-corrected chi connectivity index (χ3v) is 7.92. The van der Waals surface area contributed by atoms with E-state index in [0.29, 0.717) is 32.7 Å². The van der Waals surface area contributed by atoms with Gasteiger partial charge in [0.1, 0.15) is 6.04 Å². The van der Waals surface area contributed by atoms with Gasteiger partial charge in [0.2, 0.25) is 21.8 Å². The number of carbonyl (C=O) groups is 2. The van der Waals surface area contributed by atoms with Crippen LogP contribution in [0.4, 0.5) is 5.69 Å². The molecule has 0 fully saturated rings. The fraction of sp³-hybridized carbons (Fsp3) is 0.462. The molecule has 11 heteroatoms. The molecule has 1 atom stereocenters. The van der Waals surface area contributed by atoms with Crippen molar-refractivity contribution in [3.8, 4) is 0 Å². The molecule has 0 saturated heterocycles. The Hall–Kier alpha value is -2.00. The standard InChI is InChI=1S/C26H34Cl3N3O4S/c1-6-23(26(34)30-17(2)3)31(16-20-21(28)9-7-10-22(20)29)25(33)11-8-14-32(37(5,35)36)24-15-19(27)13-12-18(24)4/h7,9-10,12-13,15,17,23H,6,8,11,14,16H2,1-5H3,(H,30,34). The van der Waals surface area contributed by atoms with Crippen LogP contribution in [0.25, 0.3) is 0 Å². The third-order valence-electron chi connectivity index (χ3n) is 5.80. The number of carbonyl (C=O) groups excluding carboxylic acids is 2. The molecular weight excluding hydrogens is 557 g/mol. The molecule has 0 spiro atoms. The van der Waals surface area contributed by atoms with E-state index in [0.717, 1.165) is 11.8 Å². The number of aryl methyl sites for hydroxylation is 1. The maximum absolute atomic E-state index is 13.5. The van der Waals surface area contributed by atoms with Crippen LogP contribution < -0.4 is 9.62 Å². The summed E-state index contributed by atoms with van der Waals surface area (Å²) in [6, 6.07) is 9.24. The van der Waals surface area contributed by atoms with Gasteiger partial charge in [-0.15, -0.1) is 0 Å². The molecule has 204 valence electrons. The lowest BCUT2D eigenvalue weighted by Crippen LogP contribution is -2.50. The number of sulfonamides is 1. The van der Waals surface area contributed by atoms with Crippen LogP contribution in [0.15, 0.2) is 36.4 Å². The van der Waals surface area contributed by atoms with Gasteiger partial charge in [0.15, 0.2) is 0 Å². The summed E-state index contributed by atoms with van der Waals surface area (Å²) in [4.78, 5) is 28.0. The van der Waals surface area contributed by atoms with Crippen LogP contribution in [-0.2, 0) is 26.2 Å². The first-order chi connectivity index (χ1) is 17.3. The molecule has 2 aromatic rings. The van der Waals surface area contributed by atoms with E-state index in [-0.39, 0.29) is 43.8 Å². The summed E-state index contributed by atoms with van der Waals surface area (Å²) in [5.41, 5.74) is 1.75. The minimum Gasteiger partial charge on any atom is -0.352 e. The van der Waals surface area contributed by atoms with E-state index in [1.54, 1.807) is 43.3 Å². The Morgan fingerprint density at radius 3 is 2.22 bits per heavy atom. The molecule has 0 bridgehead atoms. The predicted molar refractivity (Wildman–Crippen MR) is 152 cm³/mol. The van der Waals surface area contributed by atoms with Crippen molar-refractivity contribution in [2.45, 2.75) is 65.6 Å². The molecule has 0 radical (unpaired) electrons. The second-order valence-corrected chi connectivity index (χ2v) is 12.3. The van der Waals surface area contributed by atoms with Crippen LogP contribution >= 0.6 is 34.8 Å². The van der Waals surface area contributed by atoms with Gasteiger partial charge in [-0.25, -0.2) is 8.42 Å². The van der Waals surface area contributed by atoms with Crippen molar-refractivity contribution >= 4 is 62.3 Å². The number of rotatable bonds is 12. The molecule has 1 N–H and O–H groups in total. The highest BCUT2D eigenvalue weighted by Gasteiger charge is 2.30. The smallest absolute Gasteiger partial charge is 0.243 e. The van der Waals surface area contributed by atoms with E-state index >= 15 is 0 Å². The molecule has 2 rings (SSSR count). The Morgan fingerprint density at radius 2 is 1.68 bits per heavy atom. The van der Waals surface area contributed by atoms with Gasteiger partial charge >= 0.3 is 0 Å². The molecular formula is C26H34Cl3N3O4S. The van der Waals surface area contributed by atoms with E-state index in [9.17, 15) is 18.0 Å². The van der Waals surface area contributed by atoms with Crippen LogP contribution in [0, 0.1) is 6.92 Å². The highest BCUT2D eigenvalue weighted by Crippen LogP contribution is 2.29. The van der Waals surface area contributed by atoms with Crippen molar-refractivity contribution in [2.75, 3.05) is 17.1 Å².